The highest BCUT2D eigenvalue weighted by molar-refractivity contribution is 14.1. The van der Waals surface area contributed by atoms with Crippen molar-refractivity contribution in [2.45, 2.75) is 13.8 Å². The number of halogens is 1. The molecule has 0 atom stereocenters. The molecule has 0 spiro atoms. The van der Waals surface area contributed by atoms with Crippen molar-refractivity contribution in [2.75, 3.05) is 20.3 Å². The molecule has 1 aromatic carbocycles. The van der Waals surface area contributed by atoms with Gasteiger partial charge in [-0.1, -0.05) is 0 Å². The summed E-state index contributed by atoms with van der Waals surface area (Å²) in [6.45, 7) is 4.37. The predicted octanol–water partition coefficient (Wildman–Crippen LogP) is 3.80. The van der Waals surface area contributed by atoms with Crippen LogP contribution >= 0.6 is 22.6 Å². The molecule has 5 nitrogen and oxygen atoms in total. The lowest BCUT2D eigenvalue weighted by atomic mass is 10.1. The second-order valence-electron chi connectivity index (χ2n) is 5.44. The van der Waals surface area contributed by atoms with Crippen molar-refractivity contribution >= 4 is 34.6 Å². The van der Waals surface area contributed by atoms with E-state index in [-0.39, 0.29) is 12.2 Å². The molecule has 25 heavy (non-hydrogen) atoms. The second-order valence-corrected chi connectivity index (χ2v) is 6.68. The third-order valence-corrected chi connectivity index (χ3v) is 4.44. The van der Waals surface area contributed by atoms with E-state index >= 15 is 0 Å². The summed E-state index contributed by atoms with van der Waals surface area (Å²) < 4.78 is 13.1. The van der Waals surface area contributed by atoms with E-state index in [0.717, 1.165) is 26.2 Å². The van der Waals surface area contributed by atoms with Gasteiger partial charge >= 0.3 is 5.97 Å². The van der Waals surface area contributed by atoms with Gasteiger partial charge in [0.25, 0.3) is 0 Å². The van der Waals surface area contributed by atoms with Crippen LogP contribution in [0.15, 0.2) is 35.9 Å². The third kappa shape index (κ3) is 4.71. The van der Waals surface area contributed by atoms with Crippen molar-refractivity contribution in [3.05, 3.63) is 56.4 Å². The van der Waals surface area contributed by atoms with Gasteiger partial charge in [-0.05, 0) is 78.4 Å². The van der Waals surface area contributed by atoms with E-state index < -0.39 is 5.97 Å². The lowest BCUT2D eigenvalue weighted by molar-refractivity contribution is -0.139. The Kier molecular flexibility index (Phi) is 6.79. The highest BCUT2D eigenvalue weighted by Crippen LogP contribution is 2.23. The van der Waals surface area contributed by atoms with Crippen LogP contribution in [-0.4, -0.2) is 30.9 Å². The smallest absolute Gasteiger partial charge is 0.348 e. The van der Waals surface area contributed by atoms with E-state index in [0.29, 0.717) is 6.61 Å². The molecule has 0 aliphatic heterocycles. The average molecular weight is 450 g/mol. The molecule has 0 N–H and O–H groups in total. The Morgan fingerprint density at radius 3 is 2.56 bits per heavy atom. The summed E-state index contributed by atoms with van der Waals surface area (Å²) in [5.74, 6) is -0.640. The number of aryl methyl sites for hydroxylation is 1. The van der Waals surface area contributed by atoms with Crippen LogP contribution in [0, 0.1) is 28.7 Å². The minimum atomic E-state index is -0.640. The van der Waals surface area contributed by atoms with E-state index in [1.807, 2.05) is 50.2 Å². The fourth-order valence-corrected chi connectivity index (χ4v) is 2.87. The fraction of sp³-hybridized carbons (Fsp3) is 0.263. The van der Waals surface area contributed by atoms with Crippen LogP contribution in [0.4, 0.5) is 0 Å². The number of esters is 1. The number of hydrogen-bond acceptors (Lipinski definition) is 4. The standard InChI is InChI=1S/C19H19IN2O3/c1-13-10-15(11-16(12-21)19(23)25-9-8-24-3)14(2)22(13)18-6-4-17(20)5-7-18/h4-7,10-11H,8-9H2,1-3H3/b16-11+. The Bertz CT molecular complexity index is 830. The number of nitriles is 1. The molecule has 2 aromatic rings. The number of nitrogens with zero attached hydrogens (tertiary/aromatic N) is 2. The number of aromatic nitrogens is 1. The summed E-state index contributed by atoms with van der Waals surface area (Å²) in [5, 5.41) is 9.27. The van der Waals surface area contributed by atoms with Crippen LogP contribution in [0.25, 0.3) is 11.8 Å². The van der Waals surface area contributed by atoms with E-state index in [1.54, 1.807) is 6.08 Å². The third-order valence-electron chi connectivity index (χ3n) is 3.72. The van der Waals surface area contributed by atoms with Gasteiger partial charge in [-0.2, -0.15) is 5.26 Å². The first-order valence-electron chi connectivity index (χ1n) is 7.70. The molecule has 0 aliphatic rings. The number of ether oxygens (including phenoxy) is 2. The van der Waals surface area contributed by atoms with Gasteiger partial charge in [-0.25, -0.2) is 4.79 Å². The number of carbonyl (C=O) groups is 1. The Morgan fingerprint density at radius 2 is 1.96 bits per heavy atom. The zero-order valence-electron chi connectivity index (χ0n) is 14.4. The van der Waals surface area contributed by atoms with Gasteiger partial charge in [0.2, 0.25) is 0 Å². The molecular weight excluding hydrogens is 431 g/mol. The average Bonchev–Trinajstić information content (AvgIpc) is 2.87. The molecule has 0 unspecified atom stereocenters. The van der Waals surface area contributed by atoms with Crippen molar-refractivity contribution < 1.29 is 14.3 Å². The topological polar surface area (TPSA) is 64.2 Å². The summed E-state index contributed by atoms with van der Waals surface area (Å²) in [7, 11) is 1.52. The summed E-state index contributed by atoms with van der Waals surface area (Å²) in [6.07, 6.45) is 1.57. The van der Waals surface area contributed by atoms with Gasteiger partial charge in [0, 0.05) is 27.8 Å². The molecule has 0 amide bonds. The van der Waals surface area contributed by atoms with Crippen molar-refractivity contribution in [1.82, 2.24) is 4.57 Å². The Labute approximate surface area is 161 Å². The van der Waals surface area contributed by atoms with Crippen molar-refractivity contribution in [3.8, 4) is 11.8 Å². The zero-order chi connectivity index (χ0) is 18.4. The number of methoxy groups -OCH3 is 1. The normalized spacial score (nSPS) is 11.2. The first kappa shape index (κ1) is 19.2. The minimum absolute atomic E-state index is 0.0287. The largest absolute Gasteiger partial charge is 0.459 e. The maximum atomic E-state index is 12.0. The van der Waals surface area contributed by atoms with Crippen LogP contribution in [0.1, 0.15) is 17.0 Å². The summed E-state index contributed by atoms with van der Waals surface area (Å²) >= 11 is 2.27. The van der Waals surface area contributed by atoms with Crippen LogP contribution in [0.5, 0.6) is 0 Å². The quantitative estimate of drug-likeness (QED) is 0.221. The fourth-order valence-electron chi connectivity index (χ4n) is 2.51. The van der Waals surface area contributed by atoms with Gasteiger partial charge in [0.1, 0.15) is 18.2 Å². The molecule has 6 heteroatoms. The molecule has 1 heterocycles. The van der Waals surface area contributed by atoms with Gasteiger partial charge in [-0.15, -0.1) is 0 Å². The number of benzene rings is 1. The van der Waals surface area contributed by atoms with Crippen molar-refractivity contribution in [1.29, 1.82) is 5.26 Å². The molecule has 0 aliphatic carbocycles. The molecular formula is C19H19IN2O3. The Morgan fingerprint density at radius 1 is 1.28 bits per heavy atom. The number of carbonyl (C=O) groups excluding carboxylic acids is 1. The Balaban J connectivity index is 2.33. The molecule has 0 fully saturated rings. The first-order chi connectivity index (χ1) is 12.0. The molecule has 2 rings (SSSR count). The second kappa shape index (κ2) is 8.83. The zero-order valence-corrected chi connectivity index (χ0v) is 16.5. The highest BCUT2D eigenvalue weighted by Gasteiger charge is 2.14. The van der Waals surface area contributed by atoms with Crippen LogP contribution < -0.4 is 0 Å². The molecule has 130 valence electrons. The lowest BCUT2D eigenvalue weighted by Crippen LogP contribution is -2.11. The number of rotatable bonds is 6. The summed E-state index contributed by atoms with van der Waals surface area (Å²) in [6, 6.07) is 12.0. The van der Waals surface area contributed by atoms with E-state index in [1.165, 1.54) is 7.11 Å². The van der Waals surface area contributed by atoms with Crippen LogP contribution in [0.3, 0.4) is 0 Å². The molecule has 0 saturated heterocycles. The highest BCUT2D eigenvalue weighted by atomic mass is 127. The van der Waals surface area contributed by atoms with Crippen LogP contribution in [-0.2, 0) is 14.3 Å². The SMILES string of the molecule is COCCOC(=O)/C(C#N)=C/c1cc(C)n(-c2ccc(I)cc2)c1C. The van der Waals surface area contributed by atoms with E-state index in [2.05, 4.69) is 27.2 Å². The summed E-state index contributed by atoms with van der Waals surface area (Å²) in [4.78, 5) is 12.0. The first-order valence-corrected chi connectivity index (χ1v) is 8.78. The van der Waals surface area contributed by atoms with Gasteiger partial charge < -0.3 is 14.0 Å². The summed E-state index contributed by atoms with van der Waals surface area (Å²) in [5.41, 5.74) is 3.80. The monoisotopic (exact) mass is 450 g/mol. The van der Waals surface area contributed by atoms with Gasteiger partial charge in [0.05, 0.1) is 6.61 Å². The van der Waals surface area contributed by atoms with E-state index in [9.17, 15) is 10.1 Å². The molecule has 1 aromatic heterocycles. The van der Waals surface area contributed by atoms with Crippen molar-refractivity contribution in [3.63, 3.8) is 0 Å². The molecule has 0 saturated carbocycles. The van der Waals surface area contributed by atoms with Crippen LogP contribution in [0.2, 0.25) is 0 Å². The molecule has 0 bridgehead atoms. The maximum absolute atomic E-state index is 12.0. The van der Waals surface area contributed by atoms with Crippen molar-refractivity contribution in [2.24, 2.45) is 0 Å². The van der Waals surface area contributed by atoms with E-state index in [4.69, 9.17) is 9.47 Å². The minimum Gasteiger partial charge on any atom is -0.459 e. The Hall–Kier alpha value is -2.11. The lowest BCUT2D eigenvalue weighted by Gasteiger charge is -2.09. The van der Waals surface area contributed by atoms with Gasteiger partial charge in [-0.3, -0.25) is 0 Å². The molecule has 0 radical (unpaired) electrons. The maximum Gasteiger partial charge on any atom is 0.348 e. The number of hydrogen-bond donors (Lipinski definition) is 0. The van der Waals surface area contributed by atoms with Gasteiger partial charge in [0.15, 0.2) is 0 Å². The predicted molar refractivity (Wildman–Crippen MR) is 104 cm³/mol.